The van der Waals surface area contributed by atoms with Gasteiger partial charge >= 0.3 is 0 Å². The van der Waals surface area contributed by atoms with E-state index < -0.39 is 0 Å². The van der Waals surface area contributed by atoms with Crippen LogP contribution in [0, 0.1) is 0 Å². The van der Waals surface area contributed by atoms with Crippen LogP contribution >= 0.6 is 11.3 Å². The highest BCUT2D eigenvalue weighted by molar-refractivity contribution is 7.27. The highest BCUT2D eigenvalue weighted by Crippen LogP contribution is 2.46. The molecule has 3 aromatic heterocycles. The average molecular weight is 681 g/mol. The zero-order valence-corrected chi connectivity index (χ0v) is 28.7. The summed E-state index contributed by atoms with van der Waals surface area (Å²) in [5, 5.41) is 9.60. The zero-order valence-electron chi connectivity index (χ0n) is 27.9. The molecule has 0 saturated heterocycles. The van der Waals surface area contributed by atoms with E-state index in [1.807, 2.05) is 29.5 Å². The predicted octanol–water partition coefficient (Wildman–Crippen LogP) is 12.6. The number of fused-ring (bicyclic) bond motifs is 10. The summed E-state index contributed by atoms with van der Waals surface area (Å²) in [5.41, 5.74) is 6.29. The third kappa shape index (κ3) is 4.36. The molecule has 0 fully saturated rings. The Morgan fingerprint density at radius 1 is 0.404 bits per heavy atom. The lowest BCUT2D eigenvalue weighted by atomic mass is 9.96. The van der Waals surface area contributed by atoms with Crippen LogP contribution in [0.3, 0.4) is 0 Å². The van der Waals surface area contributed by atoms with Gasteiger partial charge in [0.25, 0.3) is 0 Å². The third-order valence-electron chi connectivity index (χ3n) is 10.2. The van der Waals surface area contributed by atoms with Gasteiger partial charge in [-0.25, -0.2) is 15.0 Å². The maximum Gasteiger partial charge on any atom is 0.164 e. The van der Waals surface area contributed by atoms with Crippen LogP contribution in [0.25, 0.3) is 103 Å². The minimum Gasteiger partial charge on any atom is -0.309 e. The van der Waals surface area contributed by atoms with Gasteiger partial charge in [0.15, 0.2) is 17.5 Å². The van der Waals surface area contributed by atoms with Gasteiger partial charge in [0.05, 0.1) is 11.0 Å². The third-order valence-corrected chi connectivity index (χ3v) is 11.4. The van der Waals surface area contributed by atoms with Crippen molar-refractivity contribution < 1.29 is 0 Å². The van der Waals surface area contributed by atoms with E-state index in [1.165, 1.54) is 41.7 Å². The van der Waals surface area contributed by atoms with E-state index in [0.717, 1.165) is 44.2 Å². The number of thiophene rings is 1. The molecule has 0 radical (unpaired) electrons. The second-order valence-electron chi connectivity index (χ2n) is 13.2. The number of benzene rings is 8. The lowest BCUT2D eigenvalue weighted by molar-refractivity contribution is 1.08. The van der Waals surface area contributed by atoms with Crippen LogP contribution in [0.15, 0.2) is 170 Å². The van der Waals surface area contributed by atoms with Gasteiger partial charge in [-0.1, -0.05) is 133 Å². The van der Waals surface area contributed by atoms with Crippen LogP contribution in [0.4, 0.5) is 0 Å². The van der Waals surface area contributed by atoms with Gasteiger partial charge in [-0.05, 0) is 52.6 Å². The summed E-state index contributed by atoms with van der Waals surface area (Å²) in [7, 11) is 0. The zero-order chi connectivity index (χ0) is 34.2. The Labute approximate surface area is 302 Å². The van der Waals surface area contributed by atoms with Crippen molar-refractivity contribution in [3.8, 4) is 39.9 Å². The maximum atomic E-state index is 5.42. The highest BCUT2D eigenvalue weighted by Gasteiger charge is 2.22. The smallest absolute Gasteiger partial charge is 0.164 e. The number of hydrogen-bond acceptors (Lipinski definition) is 4. The summed E-state index contributed by atoms with van der Waals surface area (Å²) in [6.07, 6.45) is 0. The van der Waals surface area contributed by atoms with Crippen molar-refractivity contribution in [2.45, 2.75) is 0 Å². The fourth-order valence-electron chi connectivity index (χ4n) is 7.95. The van der Waals surface area contributed by atoms with Crippen molar-refractivity contribution in [2.24, 2.45) is 0 Å². The molecular formula is C47H28N4S. The van der Waals surface area contributed by atoms with Crippen LogP contribution in [0.5, 0.6) is 0 Å². The van der Waals surface area contributed by atoms with Crippen molar-refractivity contribution in [1.29, 1.82) is 0 Å². The second-order valence-corrected chi connectivity index (χ2v) is 14.2. The highest BCUT2D eigenvalue weighted by atomic mass is 32.1. The Morgan fingerprint density at radius 3 is 1.88 bits per heavy atom. The van der Waals surface area contributed by atoms with E-state index in [0.29, 0.717) is 17.5 Å². The van der Waals surface area contributed by atoms with Gasteiger partial charge in [0, 0.05) is 58.7 Å². The largest absolute Gasteiger partial charge is 0.309 e. The van der Waals surface area contributed by atoms with Gasteiger partial charge in [-0.2, -0.15) is 0 Å². The minimum absolute atomic E-state index is 0.649. The first-order valence-corrected chi connectivity index (χ1v) is 18.3. The van der Waals surface area contributed by atoms with Crippen molar-refractivity contribution in [2.75, 3.05) is 0 Å². The summed E-state index contributed by atoms with van der Waals surface area (Å²) in [6.45, 7) is 0. The molecule has 3 heterocycles. The van der Waals surface area contributed by atoms with Crippen LogP contribution < -0.4 is 0 Å². The van der Waals surface area contributed by atoms with E-state index in [2.05, 4.69) is 156 Å². The topological polar surface area (TPSA) is 43.6 Å². The van der Waals surface area contributed by atoms with Gasteiger partial charge in [-0.15, -0.1) is 11.3 Å². The Morgan fingerprint density at radius 2 is 1.04 bits per heavy atom. The fraction of sp³-hybridized carbons (Fsp3) is 0. The molecule has 0 aliphatic carbocycles. The lowest BCUT2D eigenvalue weighted by Gasteiger charge is -2.13. The molecule has 8 aromatic carbocycles. The summed E-state index contributed by atoms with van der Waals surface area (Å²) in [6, 6.07) is 60.0. The first-order chi connectivity index (χ1) is 25.8. The SMILES string of the molecule is c1ccc(-c2nc(-c3cc4ccc5ccccc5c4c4sc5ccccc5c34)nc(-c3cccc4c3c3ccccc3n4-c3ccccc3)n2)cc1. The summed E-state index contributed by atoms with van der Waals surface area (Å²) in [5.74, 6) is 1.96. The first-order valence-electron chi connectivity index (χ1n) is 17.5. The monoisotopic (exact) mass is 680 g/mol. The van der Waals surface area contributed by atoms with E-state index in [1.54, 1.807) is 0 Å². The van der Waals surface area contributed by atoms with Crippen LogP contribution in [0.2, 0.25) is 0 Å². The second kappa shape index (κ2) is 11.4. The van der Waals surface area contributed by atoms with Crippen LogP contribution in [-0.4, -0.2) is 19.5 Å². The lowest BCUT2D eigenvalue weighted by Crippen LogP contribution is -2.01. The number of aromatic nitrogens is 4. The van der Waals surface area contributed by atoms with Gasteiger partial charge in [0.2, 0.25) is 0 Å². The molecule has 52 heavy (non-hydrogen) atoms. The van der Waals surface area contributed by atoms with Crippen molar-refractivity contribution in [1.82, 2.24) is 19.5 Å². The summed E-state index contributed by atoms with van der Waals surface area (Å²) >= 11 is 1.85. The molecule has 0 atom stereocenters. The number of rotatable bonds is 4. The normalized spacial score (nSPS) is 11.8. The van der Waals surface area contributed by atoms with Gasteiger partial charge in [-0.3, -0.25) is 0 Å². The molecule has 242 valence electrons. The van der Waals surface area contributed by atoms with E-state index >= 15 is 0 Å². The number of para-hydroxylation sites is 2. The quantitative estimate of drug-likeness (QED) is 0.174. The van der Waals surface area contributed by atoms with Crippen molar-refractivity contribution >= 4 is 74.9 Å². The molecule has 0 bridgehead atoms. The molecule has 11 rings (SSSR count). The summed E-state index contributed by atoms with van der Waals surface area (Å²) < 4.78 is 4.83. The minimum atomic E-state index is 0.649. The van der Waals surface area contributed by atoms with E-state index in [-0.39, 0.29) is 0 Å². The molecule has 0 saturated carbocycles. The molecule has 0 aliphatic heterocycles. The Kier molecular flexibility index (Phi) is 6.39. The van der Waals surface area contributed by atoms with E-state index in [9.17, 15) is 0 Å². The molecule has 0 unspecified atom stereocenters. The van der Waals surface area contributed by atoms with Gasteiger partial charge < -0.3 is 4.57 Å². The van der Waals surface area contributed by atoms with Crippen molar-refractivity contribution in [3.05, 3.63) is 170 Å². The number of hydrogen-bond donors (Lipinski definition) is 0. The van der Waals surface area contributed by atoms with Crippen molar-refractivity contribution in [3.63, 3.8) is 0 Å². The molecule has 0 amide bonds. The standard InChI is InChI=1S/C47H28N4S/c1-3-15-30(16-4-1)45-48-46(36-22-13-24-39-42(36)34-20-9-11-23-38(34)51(39)32-17-5-2-6-18-32)50-47(49-45)37-28-31-27-26-29-14-7-8-19-33(29)41(31)44-43(37)35-21-10-12-25-40(35)52-44/h1-28H. The number of nitrogens with zero attached hydrogens (tertiary/aromatic N) is 4. The maximum absolute atomic E-state index is 5.42. The molecule has 0 N–H and O–H groups in total. The Hall–Kier alpha value is -6.69. The average Bonchev–Trinajstić information content (AvgIpc) is 3.77. The molecule has 4 nitrogen and oxygen atoms in total. The fourth-order valence-corrected chi connectivity index (χ4v) is 9.25. The summed E-state index contributed by atoms with van der Waals surface area (Å²) in [4.78, 5) is 15.9. The molecule has 0 spiro atoms. The van der Waals surface area contributed by atoms with Crippen LogP contribution in [-0.2, 0) is 0 Å². The Balaban J connectivity index is 1.26. The Bertz CT molecular complexity index is 3180. The molecule has 0 aliphatic rings. The van der Waals surface area contributed by atoms with E-state index in [4.69, 9.17) is 15.0 Å². The molecule has 11 aromatic rings. The molecular weight excluding hydrogens is 653 g/mol. The van der Waals surface area contributed by atoms with Crippen LogP contribution in [0.1, 0.15) is 0 Å². The molecule has 5 heteroatoms. The first kappa shape index (κ1) is 29.1. The predicted molar refractivity (Wildman–Crippen MR) is 218 cm³/mol. The van der Waals surface area contributed by atoms with Gasteiger partial charge in [0.1, 0.15) is 0 Å².